The molecule has 1 aliphatic heterocycles. The summed E-state index contributed by atoms with van der Waals surface area (Å²) in [6.45, 7) is 11.6. The largest absolute Gasteiger partial charge is 0.433 e. The van der Waals surface area contributed by atoms with Gasteiger partial charge in [-0.3, -0.25) is 0 Å². The molecule has 0 radical (unpaired) electrons. The van der Waals surface area contributed by atoms with Crippen LogP contribution in [0.15, 0.2) is 9.57 Å². The van der Waals surface area contributed by atoms with Gasteiger partial charge in [-0.1, -0.05) is 31.4 Å². The average molecular weight is 592 g/mol. The Hall–Kier alpha value is -0.933. The van der Waals surface area contributed by atoms with Crippen molar-refractivity contribution in [1.82, 2.24) is 19.7 Å². The summed E-state index contributed by atoms with van der Waals surface area (Å²) in [5, 5.41) is 16.8. The smallest absolute Gasteiger partial charge is 0.235 e. The molecule has 0 saturated carbocycles. The van der Waals surface area contributed by atoms with Gasteiger partial charge < -0.3 is 23.9 Å². The number of halogens is 1. The summed E-state index contributed by atoms with van der Waals surface area (Å²) in [5.41, 5.74) is 1.04. The second-order valence-electron chi connectivity index (χ2n) is 9.60. The third kappa shape index (κ3) is 5.25. The lowest BCUT2D eigenvalue weighted by Gasteiger charge is -2.28. The van der Waals surface area contributed by atoms with Crippen LogP contribution >= 0.6 is 34.4 Å². The first kappa shape index (κ1) is 24.2. The zero-order chi connectivity index (χ0) is 23.1. The monoisotopic (exact) mass is 591 g/mol. The number of rotatable bonds is 7. The van der Waals surface area contributed by atoms with E-state index in [1.54, 1.807) is 6.92 Å². The molecule has 0 amide bonds. The number of thioether (sulfide) groups is 1. The molecule has 3 aromatic heterocycles. The number of aliphatic hydroxyl groups is 1. The minimum absolute atomic E-state index is 0.286. The van der Waals surface area contributed by atoms with Crippen LogP contribution in [0.1, 0.15) is 6.92 Å². The van der Waals surface area contributed by atoms with Crippen molar-refractivity contribution >= 4 is 70.4 Å². The molecule has 3 aromatic rings. The standard InChI is InChI=1S/C20H30IN5O4SSi/c1-20(27)10-25(6-7-28-11-20)17-13-14-15(30-18(13)23-19(22-17)31-2)16(21)24-26(14)12-29-8-9-32(3,4)5/h27H,6-12H2,1-5H3/t20-/m0/s1. The SMILES string of the molecule is CSc1nc(N2CCOC[C@@](C)(O)C2)c2c(n1)oc1c(I)nn(COCC[Si](C)(C)C)c12. The van der Waals surface area contributed by atoms with Crippen molar-refractivity contribution in [1.29, 1.82) is 0 Å². The van der Waals surface area contributed by atoms with Gasteiger partial charge >= 0.3 is 0 Å². The quantitative estimate of drug-likeness (QED) is 0.145. The lowest BCUT2D eigenvalue weighted by atomic mass is 10.1. The number of ether oxygens (including phenoxy) is 2. The Morgan fingerprint density at radius 2 is 2.09 bits per heavy atom. The fourth-order valence-corrected chi connectivity index (χ4v) is 5.40. The first-order valence-electron chi connectivity index (χ1n) is 10.6. The van der Waals surface area contributed by atoms with Gasteiger partial charge in [-0.2, -0.15) is 10.1 Å². The van der Waals surface area contributed by atoms with Gasteiger partial charge in [0.05, 0.1) is 19.8 Å². The summed E-state index contributed by atoms with van der Waals surface area (Å²) >= 11 is 3.64. The molecule has 4 rings (SSSR count). The summed E-state index contributed by atoms with van der Waals surface area (Å²) < 4.78 is 20.4. The number of β-amino-alcohol motifs (C(OH)–C–C–N with tert-alkyl or cyclic N) is 1. The fourth-order valence-electron chi connectivity index (χ4n) is 3.66. The lowest BCUT2D eigenvalue weighted by molar-refractivity contribution is -0.0123. The van der Waals surface area contributed by atoms with E-state index >= 15 is 0 Å². The van der Waals surface area contributed by atoms with Gasteiger partial charge in [0.15, 0.2) is 14.4 Å². The van der Waals surface area contributed by atoms with Crippen LogP contribution in [0.3, 0.4) is 0 Å². The van der Waals surface area contributed by atoms with Crippen molar-refractivity contribution in [2.75, 3.05) is 44.1 Å². The van der Waals surface area contributed by atoms with Crippen molar-refractivity contribution < 1.29 is 19.0 Å². The highest BCUT2D eigenvalue weighted by Crippen LogP contribution is 2.37. The van der Waals surface area contributed by atoms with Crippen molar-refractivity contribution in [3.8, 4) is 0 Å². The molecule has 12 heteroatoms. The van der Waals surface area contributed by atoms with Gasteiger partial charge in [-0.25, -0.2) is 9.67 Å². The van der Waals surface area contributed by atoms with Crippen molar-refractivity contribution in [3.05, 3.63) is 3.70 Å². The molecule has 1 fully saturated rings. The normalized spacial score (nSPS) is 20.4. The highest BCUT2D eigenvalue weighted by molar-refractivity contribution is 14.1. The summed E-state index contributed by atoms with van der Waals surface area (Å²) in [7, 11) is -1.17. The molecule has 1 atom stereocenters. The molecule has 0 unspecified atom stereocenters. The number of anilines is 1. The second-order valence-corrected chi connectivity index (χ2v) is 17.0. The Morgan fingerprint density at radius 3 is 2.81 bits per heavy atom. The van der Waals surface area contributed by atoms with E-state index in [4.69, 9.17) is 18.9 Å². The molecule has 9 nitrogen and oxygen atoms in total. The van der Waals surface area contributed by atoms with Crippen LogP contribution in [0.2, 0.25) is 25.7 Å². The van der Waals surface area contributed by atoms with Gasteiger partial charge in [0.2, 0.25) is 5.71 Å². The van der Waals surface area contributed by atoms with E-state index in [0.29, 0.717) is 49.5 Å². The maximum atomic E-state index is 10.7. The molecular weight excluding hydrogens is 561 g/mol. The van der Waals surface area contributed by atoms with Gasteiger partial charge in [-0.05, 0) is 41.8 Å². The van der Waals surface area contributed by atoms with Gasteiger partial charge in [0, 0.05) is 21.2 Å². The van der Waals surface area contributed by atoms with E-state index in [1.165, 1.54) is 11.8 Å². The number of aromatic nitrogens is 4. The van der Waals surface area contributed by atoms with E-state index < -0.39 is 13.7 Å². The minimum atomic E-state index is -1.17. The zero-order valence-corrected chi connectivity index (χ0v) is 23.1. The van der Waals surface area contributed by atoms with Crippen LogP contribution < -0.4 is 4.90 Å². The van der Waals surface area contributed by atoms with E-state index in [1.807, 2.05) is 10.9 Å². The van der Waals surface area contributed by atoms with Gasteiger partial charge in [0.25, 0.3) is 0 Å². The van der Waals surface area contributed by atoms with E-state index in [9.17, 15) is 5.11 Å². The first-order valence-corrected chi connectivity index (χ1v) is 16.6. The summed E-state index contributed by atoms with van der Waals surface area (Å²) in [6, 6.07) is 1.09. The van der Waals surface area contributed by atoms with E-state index in [-0.39, 0.29) is 6.61 Å². The molecule has 0 spiro atoms. The van der Waals surface area contributed by atoms with Gasteiger partial charge in [-0.15, -0.1) is 0 Å². The molecule has 32 heavy (non-hydrogen) atoms. The summed E-state index contributed by atoms with van der Waals surface area (Å²) in [6.07, 6.45) is 1.94. The molecule has 1 N–H and O–H groups in total. The van der Waals surface area contributed by atoms with E-state index in [0.717, 1.165) is 26.5 Å². The Balaban J connectivity index is 1.78. The van der Waals surface area contributed by atoms with Crippen LogP contribution in [0.25, 0.3) is 22.2 Å². The predicted molar refractivity (Wildman–Crippen MR) is 137 cm³/mol. The molecule has 1 aliphatic rings. The second kappa shape index (κ2) is 9.37. The van der Waals surface area contributed by atoms with Crippen molar-refractivity contribution in [2.24, 2.45) is 0 Å². The Bertz CT molecular complexity index is 1110. The Kier molecular flexibility index (Phi) is 7.09. The Morgan fingerprint density at radius 1 is 1.31 bits per heavy atom. The van der Waals surface area contributed by atoms with Crippen LogP contribution in [0.4, 0.5) is 5.82 Å². The van der Waals surface area contributed by atoms with Crippen LogP contribution in [-0.4, -0.2) is 77.7 Å². The number of hydrogen-bond donors (Lipinski definition) is 1. The summed E-state index contributed by atoms with van der Waals surface area (Å²) in [4.78, 5) is 11.5. The highest BCUT2D eigenvalue weighted by Gasteiger charge is 2.32. The third-order valence-corrected chi connectivity index (χ3v) is 8.24. The lowest BCUT2D eigenvalue weighted by Crippen LogP contribution is -2.42. The average Bonchev–Trinajstić information content (AvgIpc) is 3.16. The number of nitrogens with zero attached hydrogens (tertiary/aromatic N) is 5. The zero-order valence-electron chi connectivity index (χ0n) is 19.1. The van der Waals surface area contributed by atoms with Gasteiger partial charge in [0.1, 0.15) is 29.1 Å². The molecule has 0 aliphatic carbocycles. The number of furan rings is 1. The van der Waals surface area contributed by atoms with Crippen molar-refractivity contribution in [2.45, 2.75) is 50.1 Å². The topological polar surface area (TPSA) is 98.7 Å². The molecular formula is C20H30IN5O4SSi. The summed E-state index contributed by atoms with van der Waals surface area (Å²) in [5.74, 6) is 0.725. The number of fused-ring (bicyclic) bond motifs is 3. The molecule has 0 aromatic carbocycles. The molecule has 0 bridgehead atoms. The maximum absolute atomic E-state index is 10.7. The molecule has 1 saturated heterocycles. The first-order chi connectivity index (χ1) is 15.1. The Labute approximate surface area is 206 Å². The van der Waals surface area contributed by atoms with Crippen molar-refractivity contribution in [3.63, 3.8) is 0 Å². The predicted octanol–water partition coefficient (Wildman–Crippen LogP) is 3.80. The van der Waals surface area contributed by atoms with Crippen LogP contribution in [-0.2, 0) is 16.2 Å². The van der Waals surface area contributed by atoms with Crippen LogP contribution in [0.5, 0.6) is 0 Å². The van der Waals surface area contributed by atoms with E-state index in [2.05, 4.69) is 57.2 Å². The third-order valence-electron chi connectivity index (χ3n) is 5.28. The molecule has 176 valence electrons. The van der Waals surface area contributed by atoms with Crippen LogP contribution in [0, 0.1) is 3.70 Å². The number of hydrogen-bond acceptors (Lipinski definition) is 9. The highest BCUT2D eigenvalue weighted by atomic mass is 127. The minimum Gasteiger partial charge on any atom is -0.433 e. The maximum Gasteiger partial charge on any atom is 0.235 e. The molecule has 4 heterocycles. The fraction of sp³-hybridized carbons (Fsp3) is 0.650.